The molecule has 1 fully saturated rings. The third-order valence-electron chi connectivity index (χ3n) is 5.64. The van der Waals surface area contributed by atoms with E-state index in [9.17, 15) is 4.79 Å². The molecular weight excluding hydrogens is 346 g/mol. The van der Waals surface area contributed by atoms with Crippen LogP contribution in [-0.2, 0) is 15.8 Å². The van der Waals surface area contributed by atoms with E-state index in [0.717, 1.165) is 23.6 Å². The van der Waals surface area contributed by atoms with Crippen LogP contribution in [0, 0.1) is 5.92 Å². The van der Waals surface area contributed by atoms with Gasteiger partial charge in [-0.05, 0) is 30.3 Å². The lowest BCUT2D eigenvalue weighted by atomic mass is 10.1. The smallest absolute Gasteiger partial charge is 0.223 e. The minimum atomic E-state index is -1.78. The number of likely N-dealkylation sites (tertiary alicyclic amines) is 1. The van der Waals surface area contributed by atoms with Crippen LogP contribution in [0.15, 0.2) is 18.2 Å². The Morgan fingerprint density at radius 1 is 1.19 bits per heavy atom. The molecule has 0 N–H and O–H groups in total. The lowest BCUT2D eigenvalue weighted by Gasteiger charge is -2.36. The zero-order chi connectivity index (χ0) is 19.5. The van der Waals surface area contributed by atoms with Crippen LogP contribution < -0.4 is 9.47 Å². The van der Waals surface area contributed by atoms with Gasteiger partial charge in [0.05, 0.1) is 14.2 Å². The number of methoxy groups -OCH3 is 2. The summed E-state index contributed by atoms with van der Waals surface area (Å²) >= 11 is 0. The zero-order valence-corrected chi connectivity index (χ0v) is 18.2. The molecule has 1 aromatic carbocycles. The molecule has 0 aliphatic carbocycles. The fraction of sp³-hybridized carbons (Fsp3) is 0.650. The SMILES string of the molecule is COc1ccc(CN2CC(CO[Si](C)(C)C(C)(C)C)CC2=O)c(OC)c1. The van der Waals surface area contributed by atoms with E-state index in [1.165, 1.54) is 0 Å². The van der Waals surface area contributed by atoms with Crippen molar-refractivity contribution < 1.29 is 18.7 Å². The lowest BCUT2D eigenvalue weighted by molar-refractivity contribution is -0.128. The van der Waals surface area contributed by atoms with Crippen LogP contribution in [0.4, 0.5) is 0 Å². The maximum atomic E-state index is 12.4. The zero-order valence-electron chi connectivity index (χ0n) is 17.2. The Morgan fingerprint density at radius 2 is 1.88 bits per heavy atom. The second kappa shape index (κ2) is 8.01. The van der Waals surface area contributed by atoms with Crippen molar-refractivity contribution in [2.75, 3.05) is 27.4 Å². The summed E-state index contributed by atoms with van der Waals surface area (Å²) in [4.78, 5) is 14.4. The van der Waals surface area contributed by atoms with Gasteiger partial charge in [0.1, 0.15) is 11.5 Å². The van der Waals surface area contributed by atoms with Crippen molar-refractivity contribution in [2.24, 2.45) is 5.92 Å². The summed E-state index contributed by atoms with van der Waals surface area (Å²) in [7, 11) is 1.49. The second-order valence-corrected chi connectivity index (χ2v) is 13.4. The molecule has 146 valence electrons. The van der Waals surface area contributed by atoms with E-state index in [2.05, 4.69) is 33.9 Å². The highest BCUT2D eigenvalue weighted by molar-refractivity contribution is 6.74. The Labute approximate surface area is 158 Å². The first-order valence-corrected chi connectivity index (χ1v) is 12.1. The van der Waals surface area contributed by atoms with Crippen LogP contribution in [0.1, 0.15) is 32.8 Å². The molecule has 0 saturated carbocycles. The van der Waals surface area contributed by atoms with Gasteiger partial charge in [-0.2, -0.15) is 0 Å². The molecule has 1 aliphatic heterocycles. The summed E-state index contributed by atoms with van der Waals surface area (Å²) < 4.78 is 17.0. The van der Waals surface area contributed by atoms with Crippen LogP contribution in [0.25, 0.3) is 0 Å². The van der Waals surface area contributed by atoms with Crippen LogP contribution in [0.2, 0.25) is 18.1 Å². The van der Waals surface area contributed by atoms with Crippen LogP contribution in [0.3, 0.4) is 0 Å². The number of carbonyl (C=O) groups excluding carboxylic acids is 1. The largest absolute Gasteiger partial charge is 0.497 e. The van der Waals surface area contributed by atoms with Crippen LogP contribution in [0.5, 0.6) is 11.5 Å². The molecule has 0 bridgehead atoms. The number of rotatable bonds is 7. The Hall–Kier alpha value is -1.53. The molecule has 1 heterocycles. The Bertz CT molecular complexity index is 639. The summed E-state index contributed by atoms with van der Waals surface area (Å²) in [6.45, 7) is 13.2. The van der Waals surface area contributed by atoms with Gasteiger partial charge in [-0.3, -0.25) is 4.79 Å². The van der Waals surface area contributed by atoms with Crippen LogP contribution in [-0.4, -0.2) is 46.5 Å². The molecule has 1 saturated heterocycles. The second-order valence-electron chi connectivity index (χ2n) is 8.59. The van der Waals surface area contributed by atoms with Crippen molar-refractivity contribution in [3.8, 4) is 11.5 Å². The van der Waals surface area contributed by atoms with Crippen molar-refractivity contribution in [2.45, 2.75) is 51.9 Å². The van der Waals surface area contributed by atoms with Gasteiger partial charge in [-0.25, -0.2) is 0 Å². The molecule has 2 rings (SSSR count). The quantitative estimate of drug-likeness (QED) is 0.670. The number of nitrogens with zero attached hydrogens (tertiary/aromatic N) is 1. The van der Waals surface area contributed by atoms with E-state index in [1.54, 1.807) is 14.2 Å². The minimum Gasteiger partial charge on any atom is -0.497 e. The standard InChI is InChI=1S/C20H33NO4Si/c1-20(2,3)26(6,7)25-14-15-10-19(22)21(12-15)13-16-8-9-17(23-4)11-18(16)24-5/h8-9,11,15H,10,12-14H2,1-7H3. The van der Waals surface area contributed by atoms with E-state index in [4.69, 9.17) is 13.9 Å². The molecule has 1 aromatic rings. The number of amides is 1. The molecule has 0 spiro atoms. The van der Waals surface area contributed by atoms with Gasteiger partial charge >= 0.3 is 0 Å². The maximum absolute atomic E-state index is 12.4. The molecule has 1 amide bonds. The Morgan fingerprint density at radius 3 is 2.46 bits per heavy atom. The monoisotopic (exact) mass is 379 g/mol. The predicted octanol–water partition coefficient (Wildman–Crippen LogP) is 4.07. The molecule has 0 aromatic heterocycles. The van der Waals surface area contributed by atoms with Crippen LogP contribution >= 0.6 is 0 Å². The van der Waals surface area contributed by atoms with Crippen molar-refractivity contribution in [3.05, 3.63) is 23.8 Å². The first kappa shape index (κ1) is 20.8. The van der Waals surface area contributed by atoms with E-state index >= 15 is 0 Å². The molecule has 6 heteroatoms. The average molecular weight is 380 g/mol. The van der Waals surface area contributed by atoms with Gasteiger partial charge in [0.25, 0.3) is 0 Å². The van der Waals surface area contributed by atoms with Crippen molar-refractivity contribution in [1.82, 2.24) is 4.90 Å². The first-order chi connectivity index (χ1) is 12.1. The molecular formula is C20H33NO4Si. The van der Waals surface area contributed by atoms with Gasteiger partial charge in [-0.1, -0.05) is 20.8 Å². The maximum Gasteiger partial charge on any atom is 0.223 e. The molecule has 1 aliphatic rings. The molecule has 26 heavy (non-hydrogen) atoms. The van der Waals surface area contributed by atoms with Gasteiger partial charge in [0.15, 0.2) is 8.32 Å². The van der Waals surface area contributed by atoms with Gasteiger partial charge in [-0.15, -0.1) is 0 Å². The summed E-state index contributed by atoms with van der Waals surface area (Å²) in [6.07, 6.45) is 0.563. The summed E-state index contributed by atoms with van der Waals surface area (Å²) in [5.74, 6) is 1.95. The number of hydrogen-bond acceptors (Lipinski definition) is 4. The number of hydrogen-bond donors (Lipinski definition) is 0. The Kier molecular flexibility index (Phi) is 6.40. The van der Waals surface area contributed by atoms with E-state index in [0.29, 0.717) is 19.6 Å². The summed E-state index contributed by atoms with van der Waals surface area (Å²) in [5.41, 5.74) is 0.993. The first-order valence-electron chi connectivity index (χ1n) is 9.20. The van der Waals surface area contributed by atoms with E-state index in [1.807, 2.05) is 23.1 Å². The average Bonchev–Trinajstić information content (AvgIpc) is 2.92. The highest BCUT2D eigenvalue weighted by atomic mass is 28.4. The van der Waals surface area contributed by atoms with Crippen molar-refractivity contribution in [3.63, 3.8) is 0 Å². The lowest BCUT2D eigenvalue weighted by Crippen LogP contribution is -2.42. The fourth-order valence-corrected chi connectivity index (χ4v) is 3.93. The highest BCUT2D eigenvalue weighted by Gasteiger charge is 2.39. The van der Waals surface area contributed by atoms with Gasteiger partial charge in [0, 0.05) is 43.7 Å². The fourth-order valence-electron chi connectivity index (χ4n) is 2.85. The summed E-state index contributed by atoms with van der Waals surface area (Å²) in [5, 5.41) is 0.186. The minimum absolute atomic E-state index is 0.186. The van der Waals surface area contributed by atoms with E-state index < -0.39 is 8.32 Å². The molecule has 0 radical (unpaired) electrons. The molecule has 1 unspecified atom stereocenters. The number of benzene rings is 1. The topological polar surface area (TPSA) is 48.0 Å². The van der Waals surface area contributed by atoms with Crippen molar-refractivity contribution in [1.29, 1.82) is 0 Å². The summed E-state index contributed by atoms with van der Waals surface area (Å²) in [6, 6.07) is 5.72. The number of ether oxygens (including phenoxy) is 2. The predicted molar refractivity (Wildman–Crippen MR) is 106 cm³/mol. The van der Waals surface area contributed by atoms with Gasteiger partial charge in [0.2, 0.25) is 5.91 Å². The Balaban J connectivity index is 1.98. The highest BCUT2D eigenvalue weighted by Crippen LogP contribution is 2.37. The molecule has 5 nitrogen and oxygen atoms in total. The normalized spacial score (nSPS) is 18.3. The number of carbonyl (C=O) groups is 1. The van der Waals surface area contributed by atoms with Gasteiger partial charge < -0.3 is 18.8 Å². The van der Waals surface area contributed by atoms with Crippen molar-refractivity contribution >= 4 is 14.2 Å². The van der Waals surface area contributed by atoms with E-state index in [-0.39, 0.29) is 16.9 Å². The molecule has 1 atom stereocenters. The third kappa shape index (κ3) is 4.80. The third-order valence-corrected chi connectivity index (χ3v) is 10.1.